The van der Waals surface area contributed by atoms with Gasteiger partial charge in [-0.15, -0.1) is 0 Å². The molecule has 13 heteroatoms. The average Bonchev–Trinajstić information content (AvgIpc) is 4.22. The van der Waals surface area contributed by atoms with E-state index >= 15 is 0 Å². The molecule has 0 spiro atoms. The predicted octanol–water partition coefficient (Wildman–Crippen LogP) is 5.91. The van der Waals surface area contributed by atoms with Crippen LogP contribution in [-0.2, 0) is 9.59 Å². The van der Waals surface area contributed by atoms with E-state index in [2.05, 4.69) is 9.80 Å². The van der Waals surface area contributed by atoms with Gasteiger partial charge in [0, 0.05) is 96.8 Å². The molecule has 0 amide bonds. The van der Waals surface area contributed by atoms with Crippen LogP contribution in [0.25, 0.3) is 34.0 Å². The maximum Gasteiger partial charge on any atom is 2.00 e. The molecular formula is C52H54CaN4O8. The summed E-state index contributed by atoms with van der Waals surface area (Å²) >= 11 is 0. The topological polar surface area (TPSA) is 193 Å². The first-order valence-electron chi connectivity index (χ1n) is 21.8. The Labute approximate surface area is 409 Å². The number of hydrogen-bond donors (Lipinski definition) is 4. The van der Waals surface area contributed by atoms with Crippen molar-refractivity contribution in [1.82, 2.24) is 9.97 Å². The Morgan fingerprint density at radius 1 is 0.585 bits per heavy atom. The molecule has 0 aliphatic heterocycles. The molecular weight excluding hydrogens is 849 g/mol. The molecule has 2 aliphatic carbocycles. The fraction of sp³-hybridized carbons (Fsp3) is 0.308. The van der Waals surface area contributed by atoms with E-state index in [0.29, 0.717) is 11.8 Å². The van der Waals surface area contributed by atoms with Gasteiger partial charge in [-0.3, -0.25) is 9.97 Å². The quantitative estimate of drug-likeness (QED) is 0.0747. The molecule has 4 aromatic carbocycles. The molecule has 0 bridgehead atoms. The number of carbonyl (C=O) groups is 2. The number of fused-ring (bicyclic) bond motifs is 2. The zero-order chi connectivity index (χ0) is 45.3. The normalized spacial score (nSPS) is 15.5. The smallest absolute Gasteiger partial charge is 0.550 e. The third-order valence-corrected chi connectivity index (χ3v) is 11.5. The molecule has 12 nitrogen and oxygen atoms in total. The second kappa shape index (κ2) is 22.8. The number of aliphatic carboxylic acids is 2. The van der Waals surface area contributed by atoms with E-state index in [-0.39, 0.29) is 50.6 Å². The van der Waals surface area contributed by atoms with Gasteiger partial charge in [0.1, 0.15) is 0 Å². The van der Waals surface area contributed by atoms with Crippen molar-refractivity contribution in [3.05, 3.63) is 144 Å². The summed E-state index contributed by atoms with van der Waals surface area (Å²) in [5.74, 6) is -1.92. The summed E-state index contributed by atoms with van der Waals surface area (Å²) in [6, 6.07) is 36.2. The summed E-state index contributed by atoms with van der Waals surface area (Å²) in [6.07, 6.45) is 5.79. The number of para-hydroxylation sites is 4. The minimum atomic E-state index is -1.34. The van der Waals surface area contributed by atoms with Gasteiger partial charge in [-0.1, -0.05) is 97.1 Å². The third-order valence-electron chi connectivity index (χ3n) is 11.5. The van der Waals surface area contributed by atoms with Crippen molar-refractivity contribution in [3.63, 3.8) is 0 Å². The Balaban J connectivity index is 0.000000212. The van der Waals surface area contributed by atoms with E-state index in [1.54, 1.807) is 12.2 Å². The summed E-state index contributed by atoms with van der Waals surface area (Å²) in [5, 5.41) is 63.9. The number of nitrogens with zero attached hydrogens (tertiary/aromatic N) is 4. The van der Waals surface area contributed by atoms with Crippen LogP contribution in [0.4, 0.5) is 22.7 Å². The van der Waals surface area contributed by atoms with Gasteiger partial charge in [0.2, 0.25) is 0 Å². The van der Waals surface area contributed by atoms with Crippen molar-refractivity contribution >= 4 is 106 Å². The number of aromatic nitrogens is 2. The van der Waals surface area contributed by atoms with Crippen LogP contribution in [0.5, 0.6) is 0 Å². The Hall–Kier alpha value is -5.18. The number of benzene rings is 4. The molecule has 0 radical (unpaired) electrons. The fourth-order valence-electron chi connectivity index (χ4n) is 8.08. The van der Waals surface area contributed by atoms with Gasteiger partial charge in [-0.2, -0.15) is 0 Å². The number of carbonyl (C=O) groups excluding carboxylic acids is 2. The van der Waals surface area contributed by atoms with E-state index in [1.807, 2.05) is 135 Å². The van der Waals surface area contributed by atoms with Crippen LogP contribution in [0.1, 0.15) is 85.7 Å². The Bertz CT molecular complexity index is 2440. The second-order valence-corrected chi connectivity index (χ2v) is 16.7. The monoisotopic (exact) mass is 902 g/mol. The van der Waals surface area contributed by atoms with Crippen molar-refractivity contribution in [2.45, 2.75) is 87.6 Å². The molecule has 2 heterocycles. The van der Waals surface area contributed by atoms with E-state index in [4.69, 9.17) is 9.97 Å². The molecule has 8 rings (SSSR count). The van der Waals surface area contributed by atoms with E-state index < -0.39 is 49.2 Å². The molecule has 6 aromatic rings. The number of rotatable bonds is 18. The zero-order valence-electron chi connectivity index (χ0n) is 36.7. The number of aliphatic hydroxyl groups excluding tert-OH is 4. The Kier molecular flexibility index (Phi) is 17.3. The SMILES string of the molecule is CN(c1ccccc1)c1c(/C=C/[C@@H](O)C[C@@H](O)CC(=O)[O-])c(C2CC2)nc2ccccc12.CN(c1ccccc1)c1c(/C=C/[C@@H](O)C[C@@H](O)CC(=O)[O-])c(C2CC2)nc2ccccc12.[Ca+2]. The van der Waals surface area contributed by atoms with Crippen molar-refractivity contribution in [3.8, 4) is 0 Å². The summed E-state index contributed by atoms with van der Waals surface area (Å²) in [6.45, 7) is 0. The predicted molar refractivity (Wildman–Crippen MR) is 253 cm³/mol. The molecule has 2 aliphatic rings. The van der Waals surface area contributed by atoms with E-state index in [0.717, 1.165) is 92.8 Å². The van der Waals surface area contributed by atoms with Gasteiger partial charge in [0.25, 0.3) is 0 Å². The van der Waals surface area contributed by atoms with Crippen LogP contribution < -0.4 is 20.0 Å². The Morgan fingerprint density at radius 3 is 1.26 bits per heavy atom. The second-order valence-electron chi connectivity index (χ2n) is 16.7. The van der Waals surface area contributed by atoms with Gasteiger partial charge < -0.3 is 50.0 Å². The van der Waals surface area contributed by atoms with Crippen LogP contribution in [-0.4, -0.2) is 119 Å². The van der Waals surface area contributed by atoms with Crippen LogP contribution >= 0.6 is 0 Å². The first kappa shape index (κ1) is 49.3. The molecule has 2 fully saturated rings. The largest absolute Gasteiger partial charge is 2.00 e. The molecule has 4 N–H and O–H groups in total. The number of pyridine rings is 2. The van der Waals surface area contributed by atoms with Gasteiger partial charge in [0.05, 0.1) is 58.2 Å². The van der Waals surface area contributed by atoms with Gasteiger partial charge >= 0.3 is 37.7 Å². The van der Waals surface area contributed by atoms with Crippen molar-refractivity contribution < 1.29 is 40.2 Å². The minimum absolute atomic E-state index is 0. The molecule has 332 valence electrons. The first-order chi connectivity index (χ1) is 30.9. The van der Waals surface area contributed by atoms with Crippen LogP contribution in [0.2, 0.25) is 0 Å². The number of aliphatic hydroxyl groups is 4. The van der Waals surface area contributed by atoms with Crippen LogP contribution in [0.15, 0.2) is 121 Å². The summed E-state index contributed by atoms with van der Waals surface area (Å²) in [4.78, 5) is 35.6. The van der Waals surface area contributed by atoms with Crippen molar-refractivity contribution in [1.29, 1.82) is 0 Å². The Morgan fingerprint density at radius 2 is 0.923 bits per heavy atom. The first-order valence-corrected chi connectivity index (χ1v) is 21.8. The van der Waals surface area contributed by atoms with E-state index in [1.165, 1.54) is 0 Å². The van der Waals surface area contributed by atoms with Gasteiger partial charge in [-0.25, -0.2) is 0 Å². The molecule has 65 heavy (non-hydrogen) atoms. The number of anilines is 4. The van der Waals surface area contributed by atoms with Crippen molar-refractivity contribution in [2.75, 3.05) is 23.9 Å². The third kappa shape index (κ3) is 13.0. The minimum Gasteiger partial charge on any atom is -0.550 e. The summed E-state index contributed by atoms with van der Waals surface area (Å²) in [5.41, 5.74) is 9.79. The molecule has 0 saturated heterocycles. The number of carboxylic acids is 2. The maximum atomic E-state index is 10.7. The van der Waals surface area contributed by atoms with Crippen LogP contribution in [0, 0.1) is 0 Å². The van der Waals surface area contributed by atoms with Gasteiger partial charge in [0.15, 0.2) is 0 Å². The molecule has 0 unspecified atom stereocenters. The van der Waals surface area contributed by atoms with Crippen LogP contribution in [0.3, 0.4) is 0 Å². The summed E-state index contributed by atoms with van der Waals surface area (Å²) < 4.78 is 0. The van der Waals surface area contributed by atoms with Crippen molar-refractivity contribution in [2.24, 2.45) is 0 Å². The average molecular weight is 903 g/mol. The molecule has 2 saturated carbocycles. The van der Waals surface area contributed by atoms with Gasteiger partial charge in [-0.05, 0) is 62.1 Å². The summed E-state index contributed by atoms with van der Waals surface area (Å²) in [7, 11) is 4.04. The fourth-order valence-corrected chi connectivity index (χ4v) is 8.08. The van der Waals surface area contributed by atoms with E-state index in [9.17, 15) is 40.2 Å². The molecule has 4 atom stereocenters. The molecule has 2 aromatic heterocycles. The number of hydrogen-bond acceptors (Lipinski definition) is 12. The number of carboxylic acid groups (broad SMARTS) is 2. The standard InChI is InChI=1S/2C26H28N2O4.Ca/c2*1-28(18-7-3-2-4-8-18)26-21-9-5-6-10-23(21)27-25(17-11-12-17)22(26)14-13-19(29)15-20(30)16-24(31)32;/h2*2-10,13-14,17,19-20,29-30H,11-12,15-16H2,1H3,(H,31,32);/q;;+2/p-2/b2*14-13+;/t2*19-,20-;/m11./s1. The zero-order valence-corrected chi connectivity index (χ0v) is 38.9. The maximum absolute atomic E-state index is 10.7.